The van der Waals surface area contributed by atoms with Gasteiger partial charge in [-0.25, -0.2) is 0 Å². The number of carbonyl (C=O) groups excluding carboxylic acids is 1. The normalized spacial score (nSPS) is 14.2. The molecule has 0 N–H and O–H groups in total. The molecule has 0 heterocycles. The molecule has 0 aliphatic carbocycles. The molecule has 2 unspecified atom stereocenters. The van der Waals surface area contributed by atoms with Crippen LogP contribution in [0.2, 0.25) is 0 Å². The van der Waals surface area contributed by atoms with Crippen molar-refractivity contribution in [3.8, 4) is 0 Å². The van der Waals surface area contributed by atoms with Crippen LogP contribution >= 0.6 is 7.80 Å². The Morgan fingerprint density at radius 3 is 2.04 bits per heavy atom. The monoisotopic (exact) mass is 327 g/mol. The zero-order valence-electron chi connectivity index (χ0n) is 14.5. The molecule has 0 saturated carbocycles. The van der Waals surface area contributed by atoms with Crippen LogP contribution in [0.4, 0.5) is 0 Å². The van der Waals surface area contributed by atoms with Gasteiger partial charge >= 0.3 is 0 Å². The van der Waals surface area contributed by atoms with Crippen molar-refractivity contribution in [1.82, 2.24) is 0 Å². The lowest BCUT2D eigenvalue weighted by molar-refractivity contribution is 0.107. The fourth-order valence-corrected chi connectivity index (χ4v) is 4.78. The van der Waals surface area contributed by atoms with Crippen molar-refractivity contribution in [3.05, 3.63) is 70.3 Å². The van der Waals surface area contributed by atoms with Crippen molar-refractivity contribution >= 4 is 13.3 Å². The van der Waals surface area contributed by atoms with E-state index < -0.39 is 13.0 Å². The van der Waals surface area contributed by atoms with Crippen LogP contribution in [-0.4, -0.2) is 5.52 Å². The quantitative estimate of drug-likeness (QED) is 0.640. The van der Waals surface area contributed by atoms with Crippen molar-refractivity contribution in [2.24, 2.45) is 0 Å². The van der Waals surface area contributed by atoms with Crippen LogP contribution in [0, 0.1) is 20.8 Å². The lowest BCUT2D eigenvalue weighted by atomic mass is 9.97. The Bertz CT molecular complexity index is 726. The van der Waals surface area contributed by atoms with E-state index in [0.29, 0.717) is 12.0 Å². The first-order valence-electron chi connectivity index (χ1n) is 7.96. The predicted molar refractivity (Wildman–Crippen MR) is 96.7 cm³/mol. The van der Waals surface area contributed by atoms with E-state index in [1.807, 2.05) is 77.1 Å². The van der Waals surface area contributed by atoms with E-state index in [9.17, 15) is 9.36 Å². The number of hydrogen-bond acceptors (Lipinski definition) is 2. The number of rotatable bonds is 5. The summed E-state index contributed by atoms with van der Waals surface area (Å²) in [5, 5.41) is -0.641. The molecule has 2 nitrogen and oxygen atoms in total. The average Bonchev–Trinajstić information content (AvgIpc) is 2.53. The molecule has 1 radical (unpaired) electrons. The Morgan fingerprint density at radius 2 is 1.57 bits per heavy atom. The minimum absolute atomic E-state index is 0.233. The van der Waals surface area contributed by atoms with Gasteiger partial charge < -0.3 is 0 Å². The second-order valence-electron chi connectivity index (χ2n) is 6.37. The number of hydrogen-bond donors (Lipinski definition) is 0. The number of benzene rings is 2. The van der Waals surface area contributed by atoms with E-state index in [1.54, 1.807) is 0 Å². The minimum Gasteiger partial charge on any atom is -0.281 e. The Morgan fingerprint density at radius 1 is 1.04 bits per heavy atom. The first-order valence-corrected chi connectivity index (χ1v) is 9.22. The van der Waals surface area contributed by atoms with E-state index in [0.717, 1.165) is 22.3 Å². The molecule has 0 aliphatic heterocycles. The average molecular weight is 327 g/mol. The van der Waals surface area contributed by atoms with Crippen LogP contribution in [0.1, 0.15) is 52.9 Å². The Balaban J connectivity index is 2.49. The highest BCUT2D eigenvalue weighted by molar-refractivity contribution is 7.65. The summed E-state index contributed by atoms with van der Waals surface area (Å²) in [6.45, 7) is 9.76. The summed E-state index contributed by atoms with van der Waals surface area (Å²) in [6.07, 6.45) is 0.655. The highest BCUT2D eigenvalue weighted by atomic mass is 31.1. The zero-order chi connectivity index (χ0) is 17.2. The van der Waals surface area contributed by atoms with Gasteiger partial charge in [0, 0.05) is 5.56 Å². The van der Waals surface area contributed by atoms with Crippen LogP contribution < -0.4 is 0 Å². The Hall–Kier alpha value is -1.79. The summed E-state index contributed by atoms with van der Waals surface area (Å²) in [7, 11) is -2.07. The first-order chi connectivity index (χ1) is 10.8. The van der Waals surface area contributed by atoms with Crippen molar-refractivity contribution in [2.45, 2.75) is 46.2 Å². The van der Waals surface area contributed by atoms with Crippen molar-refractivity contribution in [3.63, 3.8) is 0 Å². The molecule has 23 heavy (non-hydrogen) atoms. The molecule has 0 saturated heterocycles. The molecule has 0 aromatic heterocycles. The third-order valence-electron chi connectivity index (χ3n) is 4.61. The van der Waals surface area contributed by atoms with Crippen molar-refractivity contribution in [1.29, 1.82) is 0 Å². The second-order valence-corrected chi connectivity index (χ2v) is 8.35. The molecule has 0 bridgehead atoms. The molecule has 2 aromatic carbocycles. The summed E-state index contributed by atoms with van der Waals surface area (Å²) in [5.41, 5.74) is 4.27. The maximum atomic E-state index is 13.2. The molecule has 3 heteroatoms. The van der Waals surface area contributed by atoms with E-state index in [1.165, 1.54) is 0 Å². The third-order valence-corrected chi connectivity index (χ3v) is 6.67. The van der Waals surface area contributed by atoms with Gasteiger partial charge in [0.25, 0.3) is 0 Å². The summed E-state index contributed by atoms with van der Waals surface area (Å²) in [4.78, 5) is 13.0. The van der Waals surface area contributed by atoms with Gasteiger partial charge in [-0.15, -0.1) is 0 Å². The molecule has 121 valence electrons. The SMILES string of the molecule is CCC(C)(c1ccccc1)[P](=O)C(=O)c1c(C)cc(C)cc1C. The first kappa shape index (κ1) is 17.6. The van der Waals surface area contributed by atoms with Gasteiger partial charge in [0.15, 0.2) is 7.80 Å². The van der Waals surface area contributed by atoms with Crippen molar-refractivity contribution in [2.75, 3.05) is 0 Å². The summed E-state index contributed by atoms with van der Waals surface area (Å²) >= 11 is 0. The van der Waals surface area contributed by atoms with E-state index in [2.05, 4.69) is 0 Å². The molecular formula is C20H24O2P. The second kappa shape index (κ2) is 6.76. The van der Waals surface area contributed by atoms with Gasteiger partial charge in [-0.1, -0.05) is 55.0 Å². The molecule has 2 atom stereocenters. The molecule has 0 spiro atoms. The standard InChI is InChI=1S/C20H24O2P/c1-6-20(5,17-10-8-7-9-11-17)23(22)19(21)18-15(3)12-14(2)13-16(18)4/h7-13H,6H2,1-5H3. The van der Waals surface area contributed by atoms with Crippen LogP contribution in [-0.2, 0) is 9.72 Å². The van der Waals surface area contributed by atoms with Gasteiger partial charge in [-0.2, -0.15) is 0 Å². The van der Waals surface area contributed by atoms with Crippen LogP contribution in [0.5, 0.6) is 0 Å². The lowest BCUT2D eigenvalue weighted by Gasteiger charge is -2.27. The molecule has 0 aliphatic rings. The Labute approximate surface area is 139 Å². The van der Waals surface area contributed by atoms with E-state index in [-0.39, 0.29) is 5.52 Å². The molecule has 0 amide bonds. The van der Waals surface area contributed by atoms with Crippen molar-refractivity contribution < 1.29 is 9.36 Å². The molecular weight excluding hydrogens is 303 g/mol. The summed E-state index contributed by atoms with van der Waals surface area (Å²) in [5.74, 6) is 0. The van der Waals surface area contributed by atoms with Gasteiger partial charge in [0.1, 0.15) is 0 Å². The molecule has 2 rings (SSSR count). The van der Waals surface area contributed by atoms with E-state index in [4.69, 9.17) is 0 Å². The molecule has 2 aromatic rings. The smallest absolute Gasteiger partial charge is 0.243 e. The number of aryl methyl sites for hydroxylation is 3. The zero-order valence-corrected chi connectivity index (χ0v) is 15.4. The highest BCUT2D eigenvalue weighted by Gasteiger charge is 2.38. The minimum atomic E-state index is -2.07. The third kappa shape index (κ3) is 3.28. The van der Waals surface area contributed by atoms with E-state index >= 15 is 0 Å². The van der Waals surface area contributed by atoms with Gasteiger partial charge in [0.2, 0.25) is 5.52 Å². The maximum absolute atomic E-state index is 13.2. The topological polar surface area (TPSA) is 34.1 Å². The highest BCUT2D eigenvalue weighted by Crippen LogP contribution is 2.52. The van der Waals surface area contributed by atoms with Gasteiger partial charge in [0.05, 0.1) is 5.16 Å². The fourth-order valence-electron chi connectivity index (χ4n) is 3.11. The summed E-state index contributed by atoms with van der Waals surface area (Å²) < 4.78 is 13.2. The Kier molecular flexibility index (Phi) is 5.16. The lowest BCUT2D eigenvalue weighted by Crippen LogP contribution is -2.20. The van der Waals surface area contributed by atoms with Crippen LogP contribution in [0.15, 0.2) is 42.5 Å². The fraction of sp³-hybridized carbons (Fsp3) is 0.350. The maximum Gasteiger partial charge on any atom is 0.243 e. The van der Waals surface area contributed by atoms with Crippen LogP contribution in [0.25, 0.3) is 0 Å². The molecule has 0 fully saturated rings. The summed E-state index contributed by atoms with van der Waals surface area (Å²) in [6, 6.07) is 13.7. The van der Waals surface area contributed by atoms with Crippen LogP contribution in [0.3, 0.4) is 0 Å². The predicted octanol–water partition coefficient (Wildman–Crippen LogP) is 5.90. The largest absolute Gasteiger partial charge is 0.281 e. The van der Waals surface area contributed by atoms with Gasteiger partial charge in [-0.3, -0.25) is 9.36 Å². The van der Waals surface area contributed by atoms with Gasteiger partial charge in [-0.05, 0) is 50.8 Å². The number of carbonyl (C=O) groups is 1.